The minimum Gasteiger partial charge on any atom is -0.494 e. The third-order valence-corrected chi connectivity index (χ3v) is 4.53. The zero-order valence-electron chi connectivity index (χ0n) is 13.7. The summed E-state index contributed by atoms with van der Waals surface area (Å²) >= 11 is 0. The minimum atomic E-state index is 0.717. The Kier molecular flexibility index (Phi) is 7.08. The van der Waals surface area contributed by atoms with E-state index >= 15 is 0 Å². The van der Waals surface area contributed by atoms with Crippen LogP contribution in [0.1, 0.15) is 64.4 Å². The molecule has 2 rings (SSSR count). The quantitative estimate of drug-likeness (QED) is 0.733. The highest BCUT2D eigenvalue weighted by Crippen LogP contribution is 2.27. The molecule has 1 aliphatic rings. The number of rotatable bonds is 8. The molecule has 118 valence electrons. The van der Waals surface area contributed by atoms with Crippen molar-refractivity contribution < 1.29 is 4.74 Å². The minimum absolute atomic E-state index is 0.717. The fraction of sp³-hybridized carbons (Fsp3) is 0.684. The number of benzene rings is 1. The zero-order valence-corrected chi connectivity index (χ0v) is 13.7. The second-order valence-electron chi connectivity index (χ2n) is 6.38. The summed E-state index contributed by atoms with van der Waals surface area (Å²) in [5, 5.41) is 3.72. The summed E-state index contributed by atoms with van der Waals surface area (Å²) in [7, 11) is 0. The Balaban J connectivity index is 1.69. The Morgan fingerprint density at radius 1 is 1.00 bits per heavy atom. The normalized spacial score (nSPS) is 22.2. The first kappa shape index (κ1) is 16.4. The van der Waals surface area contributed by atoms with Crippen LogP contribution in [-0.4, -0.2) is 12.6 Å². The summed E-state index contributed by atoms with van der Waals surface area (Å²) in [6.45, 7) is 6.22. The summed E-state index contributed by atoms with van der Waals surface area (Å²) in [4.78, 5) is 0. The second-order valence-corrected chi connectivity index (χ2v) is 6.38. The van der Waals surface area contributed by atoms with Gasteiger partial charge in [0, 0.05) is 12.6 Å². The fourth-order valence-corrected chi connectivity index (χ4v) is 3.25. The molecule has 0 radical (unpaired) electrons. The van der Waals surface area contributed by atoms with Crippen molar-refractivity contribution in [3.8, 4) is 5.75 Å². The highest BCUT2D eigenvalue weighted by Gasteiger charge is 2.19. The Morgan fingerprint density at radius 2 is 1.71 bits per heavy atom. The van der Waals surface area contributed by atoms with Gasteiger partial charge in [-0.1, -0.05) is 38.8 Å². The Labute approximate surface area is 130 Å². The molecule has 0 aliphatic heterocycles. The van der Waals surface area contributed by atoms with E-state index in [-0.39, 0.29) is 0 Å². The zero-order chi connectivity index (χ0) is 14.9. The molecule has 1 aromatic carbocycles. The molecule has 0 atom stereocenters. The molecule has 0 bridgehead atoms. The molecule has 0 saturated heterocycles. The lowest BCUT2D eigenvalue weighted by molar-refractivity contribution is 0.277. The maximum Gasteiger partial charge on any atom is 0.119 e. The van der Waals surface area contributed by atoms with Crippen LogP contribution in [0.25, 0.3) is 0 Å². The predicted octanol–water partition coefficient (Wildman–Crippen LogP) is 4.92. The van der Waals surface area contributed by atoms with E-state index in [1.165, 1.54) is 44.1 Å². The van der Waals surface area contributed by atoms with E-state index in [4.69, 9.17) is 4.74 Å². The van der Waals surface area contributed by atoms with Crippen LogP contribution < -0.4 is 10.1 Å². The standard InChI is InChI=1S/C19H31NO/c1-3-5-16-6-10-18(11-7-16)20-15-17-8-12-19(13-9-17)21-14-4-2/h8-9,12-13,16,18,20H,3-7,10-11,14-15H2,1-2H3. The lowest BCUT2D eigenvalue weighted by Gasteiger charge is -2.29. The summed E-state index contributed by atoms with van der Waals surface area (Å²) in [5.74, 6) is 1.98. The van der Waals surface area contributed by atoms with Crippen molar-refractivity contribution in [1.29, 1.82) is 0 Å². The van der Waals surface area contributed by atoms with Crippen molar-refractivity contribution in [2.75, 3.05) is 6.61 Å². The molecule has 21 heavy (non-hydrogen) atoms. The lowest BCUT2D eigenvalue weighted by Crippen LogP contribution is -2.32. The van der Waals surface area contributed by atoms with Gasteiger partial charge in [0.1, 0.15) is 5.75 Å². The van der Waals surface area contributed by atoms with Crippen molar-refractivity contribution >= 4 is 0 Å². The van der Waals surface area contributed by atoms with E-state index in [9.17, 15) is 0 Å². The van der Waals surface area contributed by atoms with Gasteiger partial charge in [0.25, 0.3) is 0 Å². The molecule has 0 amide bonds. The Morgan fingerprint density at radius 3 is 2.33 bits per heavy atom. The third kappa shape index (κ3) is 5.70. The summed E-state index contributed by atoms with van der Waals surface area (Å²) < 4.78 is 5.62. The SMILES string of the molecule is CCCOc1ccc(CNC2CCC(CCC)CC2)cc1. The van der Waals surface area contributed by atoms with Crippen LogP contribution >= 0.6 is 0 Å². The van der Waals surface area contributed by atoms with E-state index in [2.05, 4.69) is 43.4 Å². The first-order chi connectivity index (χ1) is 10.3. The smallest absolute Gasteiger partial charge is 0.119 e. The van der Waals surface area contributed by atoms with Gasteiger partial charge in [-0.05, 0) is 55.7 Å². The van der Waals surface area contributed by atoms with Crippen LogP contribution in [0.5, 0.6) is 5.75 Å². The van der Waals surface area contributed by atoms with Gasteiger partial charge in [0.15, 0.2) is 0 Å². The van der Waals surface area contributed by atoms with E-state index < -0.39 is 0 Å². The largest absolute Gasteiger partial charge is 0.494 e. The summed E-state index contributed by atoms with van der Waals surface area (Å²) in [5.41, 5.74) is 1.36. The molecule has 1 aliphatic carbocycles. The lowest BCUT2D eigenvalue weighted by atomic mass is 9.83. The molecule has 1 N–H and O–H groups in total. The predicted molar refractivity (Wildman–Crippen MR) is 89.7 cm³/mol. The molecule has 0 spiro atoms. The van der Waals surface area contributed by atoms with Gasteiger partial charge in [-0.2, -0.15) is 0 Å². The molecule has 0 heterocycles. The molecule has 1 saturated carbocycles. The van der Waals surface area contributed by atoms with Gasteiger partial charge >= 0.3 is 0 Å². The summed E-state index contributed by atoms with van der Waals surface area (Å²) in [6, 6.07) is 9.26. The molecular weight excluding hydrogens is 258 g/mol. The summed E-state index contributed by atoms with van der Waals surface area (Å²) in [6.07, 6.45) is 9.35. The van der Waals surface area contributed by atoms with Crippen molar-refractivity contribution in [1.82, 2.24) is 5.32 Å². The van der Waals surface area contributed by atoms with Crippen LogP contribution in [-0.2, 0) is 6.54 Å². The van der Waals surface area contributed by atoms with Crippen LogP contribution in [0.3, 0.4) is 0 Å². The Bertz CT molecular complexity index is 379. The maximum absolute atomic E-state index is 5.62. The van der Waals surface area contributed by atoms with Crippen molar-refractivity contribution in [2.45, 2.75) is 71.4 Å². The first-order valence-corrected chi connectivity index (χ1v) is 8.77. The average molecular weight is 289 g/mol. The van der Waals surface area contributed by atoms with E-state index in [0.717, 1.165) is 31.2 Å². The van der Waals surface area contributed by atoms with Crippen LogP contribution in [0.15, 0.2) is 24.3 Å². The highest BCUT2D eigenvalue weighted by atomic mass is 16.5. The molecule has 2 heteroatoms. The highest BCUT2D eigenvalue weighted by molar-refractivity contribution is 5.27. The number of hydrogen-bond donors (Lipinski definition) is 1. The second kappa shape index (κ2) is 9.09. The molecule has 0 aromatic heterocycles. The molecule has 2 nitrogen and oxygen atoms in total. The maximum atomic E-state index is 5.62. The average Bonchev–Trinajstić information content (AvgIpc) is 2.53. The van der Waals surface area contributed by atoms with Gasteiger partial charge in [-0.25, -0.2) is 0 Å². The first-order valence-electron chi connectivity index (χ1n) is 8.77. The van der Waals surface area contributed by atoms with Crippen molar-refractivity contribution in [3.63, 3.8) is 0 Å². The van der Waals surface area contributed by atoms with Crippen LogP contribution in [0.4, 0.5) is 0 Å². The van der Waals surface area contributed by atoms with E-state index in [1.807, 2.05) is 0 Å². The third-order valence-electron chi connectivity index (χ3n) is 4.53. The molecule has 0 unspecified atom stereocenters. The number of hydrogen-bond acceptors (Lipinski definition) is 2. The molecule has 1 fully saturated rings. The van der Waals surface area contributed by atoms with Gasteiger partial charge in [-0.3, -0.25) is 0 Å². The van der Waals surface area contributed by atoms with Crippen molar-refractivity contribution in [2.24, 2.45) is 5.92 Å². The van der Waals surface area contributed by atoms with Gasteiger partial charge in [0.2, 0.25) is 0 Å². The molecule has 1 aromatic rings. The van der Waals surface area contributed by atoms with Gasteiger partial charge in [-0.15, -0.1) is 0 Å². The monoisotopic (exact) mass is 289 g/mol. The number of ether oxygens (including phenoxy) is 1. The van der Waals surface area contributed by atoms with E-state index in [0.29, 0.717) is 6.04 Å². The van der Waals surface area contributed by atoms with Crippen LogP contribution in [0.2, 0.25) is 0 Å². The molecular formula is C19H31NO. The van der Waals surface area contributed by atoms with Gasteiger partial charge < -0.3 is 10.1 Å². The number of nitrogens with one attached hydrogen (secondary N) is 1. The van der Waals surface area contributed by atoms with Crippen molar-refractivity contribution in [3.05, 3.63) is 29.8 Å². The topological polar surface area (TPSA) is 21.3 Å². The Hall–Kier alpha value is -1.02. The van der Waals surface area contributed by atoms with Gasteiger partial charge in [0.05, 0.1) is 6.61 Å². The van der Waals surface area contributed by atoms with E-state index in [1.54, 1.807) is 0 Å². The van der Waals surface area contributed by atoms with Crippen LogP contribution in [0, 0.1) is 5.92 Å². The fourth-order valence-electron chi connectivity index (χ4n) is 3.25.